The number of hydrogen-bond donors (Lipinski definition) is 2. The molecule has 168 valence electrons. The monoisotopic (exact) mass is 518 g/mol. The zero-order valence-electron chi connectivity index (χ0n) is 18.3. The summed E-state index contributed by atoms with van der Waals surface area (Å²) < 4.78 is 24.0. The van der Waals surface area contributed by atoms with Gasteiger partial charge in [-0.15, -0.1) is 19.8 Å². The molecule has 2 aromatic rings. The van der Waals surface area contributed by atoms with E-state index in [1.807, 2.05) is 25.1 Å². The van der Waals surface area contributed by atoms with Crippen LogP contribution in [0.2, 0.25) is 0 Å². The number of phenolic OH excluding ortho intramolecular Hbond substituents is 2. The summed E-state index contributed by atoms with van der Waals surface area (Å²) in [6.45, 7) is 4.03. The van der Waals surface area contributed by atoms with Crippen molar-refractivity contribution in [2.24, 2.45) is 0 Å². The van der Waals surface area contributed by atoms with E-state index in [0.29, 0.717) is 0 Å². The Hall–Kier alpha value is -2.04. The van der Waals surface area contributed by atoms with Crippen LogP contribution in [0.3, 0.4) is 0 Å². The van der Waals surface area contributed by atoms with Crippen LogP contribution in [-0.4, -0.2) is 17.1 Å². The molecule has 0 bridgehead atoms. The summed E-state index contributed by atoms with van der Waals surface area (Å²) in [6, 6.07) is 10.0. The van der Waals surface area contributed by atoms with E-state index in [1.54, 1.807) is 23.3 Å². The zero-order valence-corrected chi connectivity index (χ0v) is 22.1. The van der Waals surface area contributed by atoms with Gasteiger partial charge in [-0.2, -0.15) is 12.2 Å². The Morgan fingerprint density at radius 2 is 1.26 bits per heavy atom. The summed E-state index contributed by atoms with van der Waals surface area (Å²) in [4.78, 5) is 0. The second-order valence-electron chi connectivity index (χ2n) is 5.46. The summed E-state index contributed by atoms with van der Waals surface area (Å²) in [5.74, 6) is -0.483. The summed E-state index contributed by atoms with van der Waals surface area (Å²) >= 11 is 1.58. The number of benzene rings is 2. The van der Waals surface area contributed by atoms with Gasteiger partial charge in [0, 0.05) is 0 Å². The molecular weight excluding hydrogens is 490 g/mol. The summed E-state index contributed by atoms with van der Waals surface area (Å²) in [6.07, 6.45) is 18.2. The molecule has 0 heterocycles. The molecule has 2 nitrogen and oxygen atoms in total. The molecule has 6 heteroatoms. The predicted molar refractivity (Wildman–Crippen MR) is 125 cm³/mol. The Morgan fingerprint density at radius 1 is 0.806 bits per heavy atom. The number of phenols is 2. The van der Waals surface area contributed by atoms with Crippen molar-refractivity contribution in [2.45, 2.75) is 19.8 Å². The molecule has 31 heavy (non-hydrogen) atoms. The number of allylic oxidation sites excluding steroid dienone is 8. The van der Waals surface area contributed by atoms with Crippen LogP contribution in [-0.2, 0) is 23.3 Å². The summed E-state index contributed by atoms with van der Waals surface area (Å²) in [5.41, 5.74) is 1.34. The summed E-state index contributed by atoms with van der Waals surface area (Å²) in [5, 5.41) is 17.2. The molecule has 2 aliphatic carbocycles. The van der Waals surface area contributed by atoms with Crippen LogP contribution >= 0.6 is 0 Å². The molecule has 0 spiro atoms. The van der Waals surface area contributed by atoms with Crippen molar-refractivity contribution in [2.75, 3.05) is 0 Å². The van der Waals surface area contributed by atoms with Gasteiger partial charge in [-0.25, -0.2) is 32.6 Å². The molecule has 0 saturated carbocycles. The molecule has 0 radical (unpaired) electrons. The Labute approximate surface area is 202 Å². The van der Waals surface area contributed by atoms with Crippen molar-refractivity contribution in [3.05, 3.63) is 123 Å². The molecule has 4 rings (SSSR count). The van der Waals surface area contributed by atoms with Gasteiger partial charge in [0.15, 0.2) is 0 Å². The molecule has 0 unspecified atom stereocenters. The Kier molecular flexibility index (Phi) is 24.5. The van der Waals surface area contributed by atoms with Gasteiger partial charge in [0.25, 0.3) is 0 Å². The van der Waals surface area contributed by atoms with Gasteiger partial charge in [0.2, 0.25) is 0 Å². The minimum absolute atomic E-state index is 0. The molecule has 2 N–H and O–H groups in total. The average Bonchev–Trinajstić information content (AvgIpc) is 3.46. The van der Waals surface area contributed by atoms with Gasteiger partial charge in [-0.3, -0.25) is 12.2 Å². The van der Waals surface area contributed by atoms with Crippen molar-refractivity contribution in [1.29, 1.82) is 0 Å². The fourth-order valence-electron chi connectivity index (χ4n) is 1.72. The van der Waals surface area contributed by atoms with Crippen LogP contribution in [0.5, 0.6) is 11.5 Å². The third-order valence-electron chi connectivity index (χ3n) is 3.11. The van der Waals surface area contributed by atoms with E-state index in [9.17, 15) is 8.78 Å². The number of halogens is 2. The second kappa shape index (κ2) is 22.6. The van der Waals surface area contributed by atoms with Crippen molar-refractivity contribution in [3.63, 3.8) is 0 Å². The number of rotatable bonds is 0. The molecule has 0 atom stereocenters. The maximum atomic E-state index is 12.0. The van der Waals surface area contributed by atoms with Gasteiger partial charge < -0.3 is 25.1 Å². The molecule has 0 fully saturated rings. The van der Waals surface area contributed by atoms with Gasteiger partial charge in [-0.05, 0) is 48.5 Å². The van der Waals surface area contributed by atoms with E-state index in [4.69, 9.17) is 10.2 Å². The first-order chi connectivity index (χ1) is 14.0. The van der Waals surface area contributed by atoms with Crippen LogP contribution in [0.1, 0.15) is 19.8 Å². The first-order valence-electron chi connectivity index (χ1n) is 8.67. The van der Waals surface area contributed by atoms with Crippen LogP contribution in [0.4, 0.5) is 8.78 Å². The minimum atomic E-state index is -0.331. The fraction of sp³-hybridized carbons (Fsp3) is 0.120. The zero-order chi connectivity index (χ0) is 21.9. The van der Waals surface area contributed by atoms with Gasteiger partial charge in [-0.1, -0.05) is 0 Å². The SMILES string of the molecule is CC1=CC[C-]=C1.Oc1ccc(F)cc1.Oc1ccc(F)cc1.[C-]1=CC=CC1.[CH3-].[CH3-].[SiH2]=[Zr]. The van der Waals surface area contributed by atoms with E-state index in [2.05, 4.69) is 31.2 Å². The first kappa shape index (κ1) is 33.6. The van der Waals surface area contributed by atoms with Gasteiger partial charge in [0.05, 0.1) is 0 Å². The van der Waals surface area contributed by atoms with Crippen LogP contribution < -0.4 is 0 Å². The van der Waals surface area contributed by atoms with Crippen molar-refractivity contribution in [3.8, 4) is 11.5 Å². The normalized spacial score (nSPS) is 11.2. The van der Waals surface area contributed by atoms with Crippen molar-refractivity contribution < 1.29 is 42.3 Å². The van der Waals surface area contributed by atoms with E-state index in [0.717, 1.165) is 12.8 Å². The Bertz CT molecular complexity index is 701. The molecule has 0 saturated heterocycles. The van der Waals surface area contributed by atoms with Crippen LogP contribution in [0.25, 0.3) is 0 Å². The summed E-state index contributed by atoms with van der Waals surface area (Å²) in [7, 11) is 0. The van der Waals surface area contributed by atoms with Crippen molar-refractivity contribution in [1.82, 2.24) is 0 Å². The van der Waals surface area contributed by atoms with E-state index in [-0.39, 0.29) is 38.0 Å². The third kappa shape index (κ3) is 21.0. The number of aromatic hydroxyl groups is 2. The average molecular weight is 520 g/mol. The third-order valence-corrected chi connectivity index (χ3v) is 3.11. The molecule has 0 aromatic heterocycles. The van der Waals surface area contributed by atoms with Crippen molar-refractivity contribution >= 4 is 6.88 Å². The van der Waals surface area contributed by atoms with E-state index in [1.165, 1.54) is 54.1 Å². The van der Waals surface area contributed by atoms with E-state index >= 15 is 0 Å². The molecule has 0 amide bonds. The fourth-order valence-corrected chi connectivity index (χ4v) is 1.72. The second-order valence-corrected chi connectivity index (χ2v) is 5.46. The van der Waals surface area contributed by atoms with Crippen LogP contribution in [0, 0.1) is 38.6 Å². The maximum absolute atomic E-state index is 12.0. The van der Waals surface area contributed by atoms with Gasteiger partial charge in [0.1, 0.15) is 23.1 Å². The Morgan fingerprint density at radius 3 is 1.42 bits per heavy atom. The first-order valence-corrected chi connectivity index (χ1v) is 14.6. The quantitative estimate of drug-likeness (QED) is 0.329. The van der Waals surface area contributed by atoms with Gasteiger partial charge >= 0.3 is 30.2 Å². The van der Waals surface area contributed by atoms with Crippen LogP contribution in [0.15, 0.2) is 84.5 Å². The molecular formula is C25H30F2O2SiZr-4. The predicted octanol–water partition coefficient (Wildman–Crippen LogP) is 6.05. The standard InChI is InChI=1S/2C6H5FO.C6H7.C5H5.2CH3.H2Si.Zr/c2*7-5-1-3-6(8)4-2-5;1-6-4-2-3-5-6;1-2-4-5-3-1;;;;/h2*1-4,8H;4-5H,2H2,1H3;1-3H,4H2;2*1H3;1H2;/q;;4*-1;;. The topological polar surface area (TPSA) is 40.5 Å². The van der Waals surface area contributed by atoms with E-state index < -0.39 is 0 Å². The molecule has 2 aliphatic rings. The Balaban J connectivity index is -0.000000325. The number of hydrogen-bond acceptors (Lipinski definition) is 2. The molecule has 2 aromatic carbocycles. The molecule has 0 aliphatic heterocycles.